The summed E-state index contributed by atoms with van der Waals surface area (Å²) in [4.78, 5) is 10.5. The molecule has 18 heavy (non-hydrogen) atoms. The number of benzene rings is 1. The molecule has 1 aromatic rings. The summed E-state index contributed by atoms with van der Waals surface area (Å²) in [7, 11) is 0. The summed E-state index contributed by atoms with van der Waals surface area (Å²) in [6, 6.07) is 4.02. The molecule has 0 saturated carbocycles. The lowest BCUT2D eigenvalue weighted by Gasteiger charge is -2.12. The van der Waals surface area contributed by atoms with Gasteiger partial charge >= 0.3 is 5.97 Å². The van der Waals surface area contributed by atoms with Gasteiger partial charge in [-0.3, -0.25) is 4.79 Å². The zero-order valence-electron chi connectivity index (χ0n) is 10.6. The third-order valence-corrected chi connectivity index (χ3v) is 2.95. The molecule has 0 fully saturated rings. The minimum Gasteiger partial charge on any atom is -0.490 e. The van der Waals surface area contributed by atoms with E-state index in [1.807, 2.05) is 13.0 Å². The van der Waals surface area contributed by atoms with Gasteiger partial charge in [-0.2, -0.15) is 0 Å². The molecule has 2 rings (SSSR count). The lowest BCUT2D eigenvalue weighted by atomic mass is 10.0. The van der Waals surface area contributed by atoms with Gasteiger partial charge in [0, 0.05) is 12.8 Å². The summed E-state index contributed by atoms with van der Waals surface area (Å²) in [5, 5.41) is 8.63. The Morgan fingerprint density at radius 2 is 2.11 bits per heavy atom. The number of aliphatic carboxylic acids is 1. The fraction of sp³-hybridized carbons (Fsp3) is 0.500. The molecule has 0 radical (unpaired) electrons. The van der Waals surface area contributed by atoms with E-state index in [1.165, 1.54) is 0 Å². The van der Waals surface area contributed by atoms with Crippen molar-refractivity contribution in [2.75, 3.05) is 13.2 Å². The maximum atomic E-state index is 10.5. The van der Waals surface area contributed by atoms with Gasteiger partial charge in [0.25, 0.3) is 0 Å². The van der Waals surface area contributed by atoms with Crippen molar-refractivity contribution < 1.29 is 19.4 Å². The molecule has 0 saturated heterocycles. The van der Waals surface area contributed by atoms with E-state index in [0.717, 1.165) is 35.5 Å². The highest BCUT2D eigenvalue weighted by Crippen LogP contribution is 2.34. The average Bonchev–Trinajstić information content (AvgIpc) is 2.54. The molecular weight excluding hydrogens is 232 g/mol. The highest BCUT2D eigenvalue weighted by atomic mass is 16.5. The molecule has 1 aromatic carbocycles. The zero-order valence-corrected chi connectivity index (χ0v) is 10.6. The van der Waals surface area contributed by atoms with E-state index < -0.39 is 5.97 Å². The first-order valence-electron chi connectivity index (χ1n) is 6.28. The van der Waals surface area contributed by atoms with Crippen LogP contribution >= 0.6 is 0 Å². The van der Waals surface area contributed by atoms with Crippen LogP contribution in [-0.4, -0.2) is 24.3 Å². The summed E-state index contributed by atoms with van der Waals surface area (Å²) in [6.07, 6.45) is 2.49. The minimum absolute atomic E-state index is 0.202. The van der Waals surface area contributed by atoms with Crippen molar-refractivity contribution in [1.29, 1.82) is 0 Å². The number of fused-ring (bicyclic) bond motifs is 1. The number of aryl methyl sites for hydroxylation is 2. The molecule has 0 bridgehead atoms. The van der Waals surface area contributed by atoms with E-state index in [4.69, 9.17) is 14.6 Å². The van der Waals surface area contributed by atoms with Crippen LogP contribution in [0.15, 0.2) is 12.1 Å². The van der Waals surface area contributed by atoms with Gasteiger partial charge in [-0.25, -0.2) is 0 Å². The molecule has 98 valence electrons. The Balaban J connectivity index is 2.10. The van der Waals surface area contributed by atoms with Gasteiger partial charge in [-0.15, -0.1) is 0 Å². The van der Waals surface area contributed by atoms with E-state index in [1.54, 1.807) is 0 Å². The molecule has 1 N–H and O–H groups in total. The Labute approximate surface area is 107 Å². The molecule has 0 atom stereocenters. The number of hydrogen-bond donors (Lipinski definition) is 1. The van der Waals surface area contributed by atoms with E-state index in [9.17, 15) is 4.79 Å². The molecule has 0 aromatic heterocycles. The molecule has 0 amide bonds. The van der Waals surface area contributed by atoms with Gasteiger partial charge in [0.15, 0.2) is 11.5 Å². The summed E-state index contributed by atoms with van der Waals surface area (Å²) >= 11 is 0. The van der Waals surface area contributed by atoms with Gasteiger partial charge in [0.1, 0.15) is 0 Å². The lowest BCUT2D eigenvalue weighted by molar-refractivity contribution is -0.137. The summed E-state index contributed by atoms with van der Waals surface area (Å²) < 4.78 is 11.3. The van der Waals surface area contributed by atoms with Crippen LogP contribution in [0.2, 0.25) is 0 Å². The number of rotatable bonds is 4. The standard InChI is InChI=1S/C14H18O4/c1-10-8-11(4-2-5-13(15)16)9-12-14(10)18-7-3-6-17-12/h8-9H,2-7H2,1H3,(H,15,16). The molecule has 4 heteroatoms. The average molecular weight is 250 g/mol. The van der Waals surface area contributed by atoms with Crippen LogP contribution in [0.4, 0.5) is 0 Å². The van der Waals surface area contributed by atoms with E-state index in [-0.39, 0.29) is 6.42 Å². The number of hydrogen-bond acceptors (Lipinski definition) is 3. The number of carboxylic acids is 1. The molecule has 0 aliphatic carbocycles. The normalized spacial score (nSPS) is 14.1. The van der Waals surface area contributed by atoms with E-state index in [2.05, 4.69) is 6.07 Å². The van der Waals surface area contributed by atoms with Crippen LogP contribution < -0.4 is 9.47 Å². The zero-order chi connectivity index (χ0) is 13.0. The Kier molecular flexibility index (Phi) is 4.07. The van der Waals surface area contributed by atoms with Crippen LogP contribution in [0.25, 0.3) is 0 Å². The van der Waals surface area contributed by atoms with Gasteiger partial charge < -0.3 is 14.6 Å². The maximum Gasteiger partial charge on any atom is 0.303 e. The maximum absolute atomic E-state index is 10.5. The summed E-state index contributed by atoms with van der Waals surface area (Å²) in [5.41, 5.74) is 2.16. The van der Waals surface area contributed by atoms with Gasteiger partial charge in [-0.1, -0.05) is 6.07 Å². The second-order valence-corrected chi connectivity index (χ2v) is 4.54. The first-order valence-corrected chi connectivity index (χ1v) is 6.28. The van der Waals surface area contributed by atoms with Crippen LogP contribution in [0.5, 0.6) is 11.5 Å². The Hall–Kier alpha value is -1.71. The first kappa shape index (κ1) is 12.7. The van der Waals surface area contributed by atoms with E-state index >= 15 is 0 Å². The minimum atomic E-state index is -0.749. The van der Waals surface area contributed by atoms with Gasteiger partial charge in [0.2, 0.25) is 0 Å². The van der Waals surface area contributed by atoms with Crippen molar-refractivity contribution in [1.82, 2.24) is 0 Å². The fourth-order valence-electron chi connectivity index (χ4n) is 2.11. The topological polar surface area (TPSA) is 55.8 Å². The molecule has 1 aliphatic heterocycles. The molecular formula is C14H18O4. The van der Waals surface area contributed by atoms with Gasteiger partial charge in [0.05, 0.1) is 13.2 Å². The van der Waals surface area contributed by atoms with Crippen LogP contribution in [0, 0.1) is 6.92 Å². The molecule has 1 heterocycles. The van der Waals surface area contributed by atoms with Crippen LogP contribution in [-0.2, 0) is 11.2 Å². The van der Waals surface area contributed by atoms with Crippen molar-refractivity contribution >= 4 is 5.97 Å². The number of carboxylic acid groups (broad SMARTS) is 1. The third kappa shape index (κ3) is 3.15. The molecule has 4 nitrogen and oxygen atoms in total. The Morgan fingerprint density at radius 1 is 1.33 bits per heavy atom. The third-order valence-electron chi connectivity index (χ3n) is 2.95. The largest absolute Gasteiger partial charge is 0.490 e. The fourth-order valence-corrected chi connectivity index (χ4v) is 2.11. The first-order chi connectivity index (χ1) is 8.66. The second-order valence-electron chi connectivity index (χ2n) is 4.54. The molecule has 1 aliphatic rings. The highest BCUT2D eigenvalue weighted by molar-refractivity contribution is 5.66. The lowest BCUT2D eigenvalue weighted by Crippen LogP contribution is -1.98. The smallest absolute Gasteiger partial charge is 0.303 e. The second kappa shape index (κ2) is 5.76. The summed E-state index contributed by atoms with van der Waals surface area (Å²) in [5.74, 6) is 0.869. The number of ether oxygens (including phenoxy) is 2. The van der Waals surface area contributed by atoms with Crippen molar-refractivity contribution in [2.45, 2.75) is 32.6 Å². The van der Waals surface area contributed by atoms with Crippen molar-refractivity contribution in [3.8, 4) is 11.5 Å². The Bertz CT molecular complexity index is 440. The van der Waals surface area contributed by atoms with Crippen molar-refractivity contribution in [3.63, 3.8) is 0 Å². The predicted octanol–water partition coefficient (Wildman–Crippen LogP) is 2.56. The molecule has 0 spiro atoms. The van der Waals surface area contributed by atoms with E-state index in [0.29, 0.717) is 19.6 Å². The van der Waals surface area contributed by atoms with Gasteiger partial charge in [-0.05, 0) is 37.0 Å². The Morgan fingerprint density at radius 3 is 2.89 bits per heavy atom. The highest BCUT2D eigenvalue weighted by Gasteiger charge is 2.14. The van der Waals surface area contributed by atoms with Crippen molar-refractivity contribution in [2.24, 2.45) is 0 Å². The quantitative estimate of drug-likeness (QED) is 0.892. The summed E-state index contributed by atoms with van der Waals surface area (Å²) in [6.45, 7) is 3.35. The number of carbonyl (C=O) groups is 1. The molecule has 0 unspecified atom stereocenters. The predicted molar refractivity (Wildman–Crippen MR) is 67.4 cm³/mol. The van der Waals surface area contributed by atoms with Crippen LogP contribution in [0.1, 0.15) is 30.4 Å². The van der Waals surface area contributed by atoms with Crippen molar-refractivity contribution in [3.05, 3.63) is 23.3 Å². The van der Waals surface area contributed by atoms with Crippen LogP contribution in [0.3, 0.4) is 0 Å². The monoisotopic (exact) mass is 250 g/mol. The SMILES string of the molecule is Cc1cc(CCCC(=O)O)cc2c1OCCCO2.